The summed E-state index contributed by atoms with van der Waals surface area (Å²) in [7, 11) is -0.0533. The largest absolute Gasteiger partial charge is 0.492 e. The monoisotopic (exact) mass is 536 g/mol. The number of likely N-dealkylation sites (N-methyl/N-ethyl adjacent to an activating group) is 1. The van der Waals surface area contributed by atoms with Crippen molar-refractivity contribution >= 4 is 20.9 Å². The smallest absolute Gasteiger partial charge is 0.248 e. The lowest BCUT2D eigenvalue weighted by atomic mass is 10.1. The molecule has 1 aromatic heterocycles. The number of aliphatic hydroxyl groups is 1. The second-order valence-electron chi connectivity index (χ2n) is 9.20. The van der Waals surface area contributed by atoms with E-state index in [4.69, 9.17) is 4.74 Å². The molecule has 4 rings (SSSR count). The van der Waals surface area contributed by atoms with Crippen LogP contribution in [-0.4, -0.2) is 56.9 Å². The van der Waals surface area contributed by atoms with Gasteiger partial charge in [-0.1, -0.05) is 42.5 Å². The first-order valence-corrected chi connectivity index (χ1v) is 13.7. The van der Waals surface area contributed by atoms with Crippen LogP contribution in [0.2, 0.25) is 0 Å². The van der Waals surface area contributed by atoms with Crippen molar-refractivity contribution in [3.05, 3.63) is 106 Å². The van der Waals surface area contributed by atoms with E-state index in [0.29, 0.717) is 29.6 Å². The van der Waals surface area contributed by atoms with E-state index in [9.17, 15) is 18.3 Å². The molecule has 0 amide bonds. The van der Waals surface area contributed by atoms with Crippen LogP contribution in [0.3, 0.4) is 0 Å². The molecule has 0 aliphatic heterocycles. The number of rotatable bonds is 12. The van der Waals surface area contributed by atoms with Crippen LogP contribution in [0.25, 0.3) is 10.9 Å². The highest BCUT2D eigenvalue weighted by Crippen LogP contribution is 2.22. The number of hydrogen-bond acceptors (Lipinski definition) is 7. The third-order valence-corrected chi connectivity index (χ3v) is 7.45. The summed E-state index contributed by atoms with van der Waals surface area (Å²) in [5.74, 6) is 0.755. The number of ether oxygens (including phenoxy) is 1. The molecule has 4 aromatic rings. The fourth-order valence-electron chi connectivity index (χ4n) is 3.90. The molecular weight excluding hydrogens is 504 g/mol. The minimum Gasteiger partial charge on any atom is -0.492 e. The molecule has 4 N–H and O–H groups in total. The number of benzene rings is 3. The standard InChI is InChI=1S/C28H32N4O5S/c1-32(2)16-17-37-23-11-8-20(9-12-23)19-29-28(34)27(21-6-4-3-5-7-21)31-38(35,36)24-13-14-25-22(18-24)10-15-26(33)30-25/h3-15,18,27-29,31,34H,16-17,19H2,1-2H3,(H,30,33). The Balaban J connectivity index is 1.48. The van der Waals surface area contributed by atoms with Gasteiger partial charge in [-0.15, -0.1) is 0 Å². The van der Waals surface area contributed by atoms with Gasteiger partial charge in [0.25, 0.3) is 0 Å². The number of sulfonamides is 1. The van der Waals surface area contributed by atoms with E-state index in [1.807, 2.05) is 49.3 Å². The Morgan fingerprint density at radius 3 is 2.42 bits per heavy atom. The number of H-pyrrole nitrogens is 1. The highest BCUT2D eigenvalue weighted by Gasteiger charge is 2.27. The Kier molecular flexibility index (Phi) is 8.93. The molecule has 9 nitrogen and oxygen atoms in total. The van der Waals surface area contributed by atoms with Gasteiger partial charge in [0.1, 0.15) is 18.6 Å². The Labute approximate surface area is 222 Å². The van der Waals surface area contributed by atoms with Gasteiger partial charge in [0.15, 0.2) is 0 Å². The molecule has 0 saturated carbocycles. The fraction of sp³-hybridized carbons (Fsp3) is 0.250. The molecule has 2 atom stereocenters. The summed E-state index contributed by atoms with van der Waals surface area (Å²) in [4.78, 5) is 16.3. The molecule has 0 bridgehead atoms. The molecule has 1 heterocycles. The van der Waals surface area contributed by atoms with Crippen molar-refractivity contribution in [2.75, 3.05) is 27.2 Å². The van der Waals surface area contributed by atoms with E-state index in [1.54, 1.807) is 36.4 Å². The highest BCUT2D eigenvalue weighted by molar-refractivity contribution is 7.89. The van der Waals surface area contributed by atoms with Gasteiger partial charge >= 0.3 is 0 Å². The first-order valence-electron chi connectivity index (χ1n) is 12.2. The summed E-state index contributed by atoms with van der Waals surface area (Å²) >= 11 is 0. The number of pyridine rings is 1. The van der Waals surface area contributed by atoms with E-state index < -0.39 is 22.3 Å². The molecular formula is C28H32N4O5S. The number of aromatic amines is 1. The molecule has 0 saturated heterocycles. The molecule has 200 valence electrons. The average molecular weight is 537 g/mol. The third kappa shape index (κ3) is 7.27. The maximum Gasteiger partial charge on any atom is 0.248 e. The van der Waals surface area contributed by atoms with Crippen LogP contribution in [0, 0.1) is 0 Å². The van der Waals surface area contributed by atoms with Crippen LogP contribution in [0.4, 0.5) is 0 Å². The number of aliphatic hydroxyl groups excluding tert-OH is 1. The lowest BCUT2D eigenvalue weighted by Gasteiger charge is -2.25. The predicted octanol–water partition coefficient (Wildman–Crippen LogP) is 2.60. The van der Waals surface area contributed by atoms with Gasteiger partial charge in [-0.2, -0.15) is 4.72 Å². The fourth-order valence-corrected chi connectivity index (χ4v) is 5.16. The summed E-state index contributed by atoms with van der Waals surface area (Å²) in [6, 6.07) is 22.8. The van der Waals surface area contributed by atoms with Gasteiger partial charge in [-0.3, -0.25) is 10.1 Å². The van der Waals surface area contributed by atoms with Gasteiger partial charge in [-0.25, -0.2) is 8.42 Å². The number of nitrogens with zero attached hydrogens (tertiary/aromatic N) is 1. The van der Waals surface area contributed by atoms with Gasteiger partial charge < -0.3 is 19.7 Å². The van der Waals surface area contributed by atoms with E-state index in [-0.39, 0.29) is 10.5 Å². The summed E-state index contributed by atoms with van der Waals surface area (Å²) in [6.07, 6.45) is -1.22. The lowest BCUT2D eigenvalue weighted by Crippen LogP contribution is -2.43. The summed E-state index contributed by atoms with van der Waals surface area (Å²) in [6.45, 7) is 1.70. The van der Waals surface area contributed by atoms with Crippen molar-refractivity contribution in [3.63, 3.8) is 0 Å². The van der Waals surface area contributed by atoms with Crippen LogP contribution in [0.15, 0.2) is 94.6 Å². The van der Waals surface area contributed by atoms with Crippen LogP contribution in [0.1, 0.15) is 17.2 Å². The van der Waals surface area contributed by atoms with Crippen molar-refractivity contribution in [2.45, 2.75) is 23.7 Å². The zero-order valence-electron chi connectivity index (χ0n) is 21.3. The van der Waals surface area contributed by atoms with Gasteiger partial charge in [0.05, 0.1) is 10.9 Å². The van der Waals surface area contributed by atoms with Crippen molar-refractivity contribution in [1.29, 1.82) is 0 Å². The van der Waals surface area contributed by atoms with E-state index in [2.05, 4.69) is 15.0 Å². The topological polar surface area (TPSA) is 124 Å². The number of hydrogen-bond donors (Lipinski definition) is 4. The molecule has 10 heteroatoms. The molecule has 3 aromatic carbocycles. The molecule has 0 fully saturated rings. The Bertz CT molecular complexity index is 1510. The zero-order valence-corrected chi connectivity index (χ0v) is 22.1. The number of aromatic nitrogens is 1. The molecule has 38 heavy (non-hydrogen) atoms. The molecule has 0 aliphatic carbocycles. The second-order valence-corrected chi connectivity index (χ2v) is 10.9. The molecule has 0 aliphatic rings. The predicted molar refractivity (Wildman–Crippen MR) is 147 cm³/mol. The van der Waals surface area contributed by atoms with Crippen LogP contribution in [0.5, 0.6) is 5.75 Å². The minimum absolute atomic E-state index is 0.0232. The average Bonchev–Trinajstić information content (AvgIpc) is 2.91. The molecule has 2 unspecified atom stereocenters. The summed E-state index contributed by atoms with van der Waals surface area (Å²) in [5.41, 5.74) is 1.77. The SMILES string of the molecule is CN(C)CCOc1ccc(CNC(O)C(NS(=O)(=O)c2ccc3[nH]c(=O)ccc3c2)c2ccccc2)cc1. The van der Waals surface area contributed by atoms with Gasteiger partial charge in [0.2, 0.25) is 15.6 Å². The van der Waals surface area contributed by atoms with Crippen molar-refractivity contribution in [2.24, 2.45) is 0 Å². The van der Waals surface area contributed by atoms with Crippen LogP contribution >= 0.6 is 0 Å². The Hall–Kier alpha value is -3.54. The minimum atomic E-state index is -4.02. The Morgan fingerprint density at radius 2 is 1.71 bits per heavy atom. The highest BCUT2D eigenvalue weighted by atomic mass is 32.2. The first-order chi connectivity index (χ1) is 18.2. The quantitative estimate of drug-likeness (QED) is 0.205. The van der Waals surface area contributed by atoms with Crippen molar-refractivity contribution in [3.8, 4) is 5.75 Å². The zero-order chi connectivity index (χ0) is 27.1. The first kappa shape index (κ1) is 27.5. The van der Waals surface area contributed by atoms with E-state index >= 15 is 0 Å². The second kappa shape index (κ2) is 12.3. The van der Waals surface area contributed by atoms with Gasteiger partial charge in [0, 0.05) is 24.7 Å². The lowest BCUT2D eigenvalue weighted by molar-refractivity contribution is 0.101. The van der Waals surface area contributed by atoms with Crippen LogP contribution in [-0.2, 0) is 16.6 Å². The maximum absolute atomic E-state index is 13.3. The van der Waals surface area contributed by atoms with Crippen LogP contribution < -0.4 is 20.3 Å². The van der Waals surface area contributed by atoms with Gasteiger partial charge in [-0.05, 0) is 67.0 Å². The molecule has 0 spiro atoms. The van der Waals surface area contributed by atoms with Crippen molar-refractivity contribution in [1.82, 2.24) is 19.9 Å². The summed E-state index contributed by atoms with van der Waals surface area (Å²) in [5, 5.41) is 14.7. The van der Waals surface area contributed by atoms with E-state index in [1.165, 1.54) is 18.2 Å². The summed E-state index contributed by atoms with van der Waals surface area (Å²) < 4.78 is 35.0. The number of nitrogens with one attached hydrogen (secondary N) is 3. The van der Waals surface area contributed by atoms with E-state index in [0.717, 1.165) is 17.9 Å². The maximum atomic E-state index is 13.3. The normalized spacial score (nSPS) is 13.5. The third-order valence-electron chi connectivity index (χ3n) is 6.01. The van der Waals surface area contributed by atoms with Crippen molar-refractivity contribution < 1.29 is 18.3 Å². The Morgan fingerprint density at radius 1 is 0.974 bits per heavy atom. The number of fused-ring (bicyclic) bond motifs is 1. The molecule has 0 radical (unpaired) electrons.